The highest BCUT2D eigenvalue weighted by molar-refractivity contribution is 9.09. The zero-order valence-corrected chi connectivity index (χ0v) is 13.7. The van der Waals surface area contributed by atoms with E-state index < -0.39 is 0 Å². The molecule has 0 radical (unpaired) electrons. The van der Waals surface area contributed by atoms with Gasteiger partial charge in [0.15, 0.2) is 0 Å². The summed E-state index contributed by atoms with van der Waals surface area (Å²) in [5.74, 6) is 5.54. The first-order valence-corrected chi connectivity index (χ1v) is 8.13. The molecule has 2 heterocycles. The van der Waals surface area contributed by atoms with Crippen LogP contribution in [-0.4, -0.2) is 14.7 Å². The minimum Gasteiger partial charge on any atom is -0.269 e. The van der Waals surface area contributed by atoms with Crippen LogP contribution in [0.4, 0.5) is 4.39 Å². The molecule has 0 fully saturated rings. The van der Waals surface area contributed by atoms with Gasteiger partial charge in [-0.25, -0.2) is 9.37 Å². The fourth-order valence-electron chi connectivity index (χ4n) is 2.17. The van der Waals surface area contributed by atoms with Gasteiger partial charge < -0.3 is 0 Å². The normalized spacial score (nSPS) is 10.3. The van der Waals surface area contributed by atoms with Gasteiger partial charge in [-0.15, -0.1) is 0 Å². The van der Waals surface area contributed by atoms with E-state index in [1.54, 1.807) is 36.7 Å². The monoisotopic (exact) mass is 370 g/mol. The third kappa shape index (κ3) is 3.49. The van der Waals surface area contributed by atoms with Crippen LogP contribution in [0, 0.1) is 17.7 Å². The summed E-state index contributed by atoms with van der Waals surface area (Å²) < 4.78 is 14.6. The molecule has 0 unspecified atom stereocenters. The standard InChI is InChI=1S/C18H12BrFN2O/c19-8-6-15-12-21-17-11-14(7-9-22(17)18(15)23)5-4-13-2-1-3-16(20)10-13/h1-3,7,9-12H,6,8H2. The first kappa shape index (κ1) is 15.4. The lowest BCUT2D eigenvalue weighted by Crippen LogP contribution is -2.19. The quantitative estimate of drug-likeness (QED) is 0.512. The summed E-state index contributed by atoms with van der Waals surface area (Å²) in [7, 11) is 0. The van der Waals surface area contributed by atoms with Gasteiger partial charge in [-0.3, -0.25) is 9.20 Å². The minimum absolute atomic E-state index is 0.0703. The number of hydrogen-bond donors (Lipinski definition) is 0. The number of halogens is 2. The Hall–Kier alpha value is -2.45. The van der Waals surface area contributed by atoms with Crippen LogP contribution in [0.5, 0.6) is 0 Å². The van der Waals surface area contributed by atoms with E-state index in [1.807, 2.05) is 0 Å². The summed E-state index contributed by atoms with van der Waals surface area (Å²) in [5, 5.41) is 0.715. The topological polar surface area (TPSA) is 34.4 Å². The van der Waals surface area contributed by atoms with Crippen molar-refractivity contribution in [2.45, 2.75) is 6.42 Å². The average molecular weight is 371 g/mol. The molecule has 0 aliphatic heterocycles. The molecule has 0 atom stereocenters. The van der Waals surface area contributed by atoms with Crippen LogP contribution >= 0.6 is 15.9 Å². The number of benzene rings is 1. The average Bonchev–Trinajstić information content (AvgIpc) is 2.56. The van der Waals surface area contributed by atoms with Gasteiger partial charge in [0.05, 0.1) is 0 Å². The Bertz CT molecular complexity index is 985. The molecule has 3 aromatic rings. The van der Waals surface area contributed by atoms with Crippen molar-refractivity contribution in [1.82, 2.24) is 9.38 Å². The summed E-state index contributed by atoms with van der Waals surface area (Å²) >= 11 is 3.32. The van der Waals surface area contributed by atoms with Crippen molar-refractivity contribution in [2.24, 2.45) is 0 Å². The Morgan fingerprint density at radius 1 is 1.17 bits per heavy atom. The van der Waals surface area contributed by atoms with Crippen molar-refractivity contribution in [1.29, 1.82) is 0 Å². The second-order valence-electron chi connectivity index (χ2n) is 4.93. The Morgan fingerprint density at radius 2 is 1.96 bits per heavy atom. The number of fused-ring (bicyclic) bond motifs is 1. The van der Waals surface area contributed by atoms with Gasteiger partial charge in [-0.05, 0) is 36.8 Å². The maximum absolute atomic E-state index is 13.1. The summed E-state index contributed by atoms with van der Waals surface area (Å²) in [5.41, 5.74) is 2.45. The Morgan fingerprint density at radius 3 is 2.70 bits per heavy atom. The van der Waals surface area contributed by atoms with E-state index in [4.69, 9.17) is 0 Å². The Kier molecular flexibility index (Phi) is 4.54. The molecule has 0 bridgehead atoms. The second kappa shape index (κ2) is 6.76. The highest BCUT2D eigenvalue weighted by atomic mass is 79.9. The van der Waals surface area contributed by atoms with Crippen LogP contribution in [0.25, 0.3) is 5.65 Å². The van der Waals surface area contributed by atoms with E-state index in [9.17, 15) is 9.18 Å². The van der Waals surface area contributed by atoms with E-state index in [2.05, 4.69) is 32.8 Å². The van der Waals surface area contributed by atoms with Crippen molar-refractivity contribution in [2.75, 3.05) is 5.33 Å². The lowest BCUT2D eigenvalue weighted by Gasteiger charge is -2.03. The lowest BCUT2D eigenvalue weighted by molar-refractivity contribution is 0.627. The molecule has 0 saturated carbocycles. The number of aromatic nitrogens is 2. The predicted molar refractivity (Wildman–Crippen MR) is 91.3 cm³/mol. The summed E-state index contributed by atoms with van der Waals surface area (Å²) in [4.78, 5) is 16.6. The fraction of sp³-hybridized carbons (Fsp3) is 0.111. The highest BCUT2D eigenvalue weighted by Crippen LogP contribution is 2.05. The molecular formula is C18H12BrFN2O. The molecule has 23 heavy (non-hydrogen) atoms. The predicted octanol–water partition coefficient (Wildman–Crippen LogP) is 3.17. The van der Waals surface area contributed by atoms with Crippen LogP contribution in [0.15, 0.2) is 53.6 Å². The highest BCUT2D eigenvalue weighted by Gasteiger charge is 2.04. The molecule has 3 rings (SSSR count). The molecule has 2 aromatic heterocycles. The van der Waals surface area contributed by atoms with Gasteiger partial charge in [-0.2, -0.15) is 0 Å². The van der Waals surface area contributed by atoms with Crippen molar-refractivity contribution >= 4 is 21.6 Å². The van der Waals surface area contributed by atoms with Crippen LogP contribution in [-0.2, 0) is 6.42 Å². The van der Waals surface area contributed by atoms with Crippen LogP contribution in [0.1, 0.15) is 16.7 Å². The number of hydrogen-bond acceptors (Lipinski definition) is 2. The van der Waals surface area contributed by atoms with E-state index in [-0.39, 0.29) is 11.4 Å². The smallest absolute Gasteiger partial charge is 0.261 e. The number of rotatable bonds is 2. The van der Waals surface area contributed by atoms with E-state index in [1.165, 1.54) is 16.5 Å². The number of nitrogens with zero attached hydrogens (tertiary/aromatic N) is 2. The summed E-state index contributed by atoms with van der Waals surface area (Å²) in [6.07, 6.45) is 3.90. The van der Waals surface area contributed by atoms with Crippen LogP contribution in [0.3, 0.4) is 0 Å². The maximum Gasteiger partial charge on any atom is 0.261 e. The van der Waals surface area contributed by atoms with E-state index in [0.29, 0.717) is 28.5 Å². The molecular weight excluding hydrogens is 359 g/mol. The molecule has 0 amide bonds. The molecule has 0 N–H and O–H groups in total. The van der Waals surface area contributed by atoms with E-state index >= 15 is 0 Å². The van der Waals surface area contributed by atoms with Gasteiger partial charge in [0, 0.05) is 34.4 Å². The van der Waals surface area contributed by atoms with Gasteiger partial charge in [0.2, 0.25) is 0 Å². The summed E-state index contributed by atoms with van der Waals surface area (Å²) in [6, 6.07) is 9.61. The first-order valence-electron chi connectivity index (χ1n) is 7.01. The van der Waals surface area contributed by atoms with Gasteiger partial charge in [0.1, 0.15) is 11.5 Å². The molecule has 3 nitrogen and oxygen atoms in total. The van der Waals surface area contributed by atoms with Crippen molar-refractivity contribution in [3.63, 3.8) is 0 Å². The molecule has 5 heteroatoms. The number of aryl methyl sites for hydroxylation is 1. The number of alkyl halides is 1. The van der Waals surface area contributed by atoms with Crippen LogP contribution in [0.2, 0.25) is 0 Å². The minimum atomic E-state index is -0.317. The van der Waals surface area contributed by atoms with Crippen molar-refractivity contribution in [3.05, 3.63) is 81.7 Å². The van der Waals surface area contributed by atoms with Crippen molar-refractivity contribution in [3.8, 4) is 11.8 Å². The Labute approximate surface area is 140 Å². The zero-order chi connectivity index (χ0) is 16.2. The fourth-order valence-corrected chi connectivity index (χ4v) is 2.60. The van der Waals surface area contributed by atoms with Crippen LogP contribution < -0.4 is 5.56 Å². The SMILES string of the molecule is O=c1c(CCBr)cnc2cc(C#Cc3cccc(F)c3)ccn12. The molecule has 0 aliphatic carbocycles. The molecule has 1 aromatic carbocycles. The second-order valence-corrected chi connectivity index (χ2v) is 5.72. The largest absolute Gasteiger partial charge is 0.269 e. The first-order chi connectivity index (χ1) is 11.2. The molecule has 0 aliphatic rings. The van der Waals surface area contributed by atoms with Gasteiger partial charge in [-0.1, -0.05) is 33.8 Å². The van der Waals surface area contributed by atoms with Gasteiger partial charge in [0.25, 0.3) is 5.56 Å². The number of pyridine rings is 1. The summed E-state index contributed by atoms with van der Waals surface area (Å²) in [6.45, 7) is 0. The Balaban J connectivity index is 1.99. The molecule has 114 valence electrons. The molecule has 0 saturated heterocycles. The third-order valence-corrected chi connectivity index (χ3v) is 3.72. The van der Waals surface area contributed by atoms with Gasteiger partial charge >= 0.3 is 0 Å². The third-order valence-electron chi connectivity index (χ3n) is 3.32. The van der Waals surface area contributed by atoms with E-state index in [0.717, 1.165) is 5.56 Å². The van der Waals surface area contributed by atoms with Crippen molar-refractivity contribution < 1.29 is 4.39 Å². The zero-order valence-electron chi connectivity index (χ0n) is 12.1. The maximum atomic E-state index is 13.1. The molecule has 0 spiro atoms. The lowest BCUT2D eigenvalue weighted by atomic mass is 10.2.